The number of benzene rings is 2. The second-order valence-electron chi connectivity index (χ2n) is 8.25. The van der Waals surface area contributed by atoms with Crippen LogP contribution in [0.2, 0.25) is 0 Å². The maximum atomic E-state index is 13.6. The first-order chi connectivity index (χ1) is 16.0. The number of anilines is 1. The standard InChI is InChI=1S/C25H35N3O5S/c1-7-22(25(30)26-8-2)27(16-20-11-13-21(33-5)14-12-20)24(29)17-28(34(6,31)32)23-15-18(3)9-10-19(23)4/h9-15,22H,7-8,16-17H2,1-6H3,(H,26,30)/t22-/m0/s1. The Labute approximate surface area is 202 Å². The fourth-order valence-electron chi connectivity index (χ4n) is 3.72. The number of sulfonamides is 1. The third kappa shape index (κ3) is 6.96. The molecule has 0 heterocycles. The van der Waals surface area contributed by atoms with Crippen molar-refractivity contribution >= 4 is 27.5 Å². The summed E-state index contributed by atoms with van der Waals surface area (Å²) >= 11 is 0. The second kappa shape index (κ2) is 11.9. The summed E-state index contributed by atoms with van der Waals surface area (Å²) in [5, 5.41) is 2.78. The highest BCUT2D eigenvalue weighted by Crippen LogP contribution is 2.25. The topological polar surface area (TPSA) is 96.0 Å². The maximum Gasteiger partial charge on any atom is 0.244 e. The van der Waals surface area contributed by atoms with Crippen molar-refractivity contribution in [3.63, 3.8) is 0 Å². The van der Waals surface area contributed by atoms with E-state index in [0.29, 0.717) is 24.4 Å². The van der Waals surface area contributed by atoms with Crippen molar-refractivity contribution in [2.24, 2.45) is 0 Å². The molecule has 0 saturated heterocycles. The number of carbonyl (C=O) groups is 2. The first-order valence-electron chi connectivity index (χ1n) is 11.3. The van der Waals surface area contributed by atoms with Gasteiger partial charge in [-0.2, -0.15) is 0 Å². The average molecular weight is 490 g/mol. The Hall–Kier alpha value is -3.07. The number of nitrogens with zero attached hydrogens (tertiary/aromatic N) is 2. The Balaban J connectivity index is 2.46. The van der Waals surface area contributed by atoms with Crippen LogP contribution in [0.25, 0.3) is 0 Å². The smallest absolute Gasteiger partial charge is 0.244 e. The van der Waals surface area contributed by atoms with Gasteiger partial charge in [0.2, 0.25) is 21.8 Å². The third-order valence-electron chi connectivity index (χ3n) is 5.56. The van der Waals surface area contributed by atoms with Gasteiger partial charge in [0.25, 0.3) is 0 Å². The number of ether oxygens (including phenoxy) is 1. The van der Waals surface area contributed by atoms with Gasteiger partial charge >= 0.3 is 0 Å². The van der Waals surface area contributed by atoms with E-state index in [9.17, 15) is 18.0 Å². The van der Waals surface area contributed by atoms with E-state index in [-0.39, 0.29) is 12.5 Å². The van der Waals surface area contributed by atoms with Crippen LogP contribution in [-0.4, -0.2) is 57.6 Å². The number of likely N-dealkylation sites (N-methyl/N-ethyl adjacent to an activating group) is 1. The molecular weight excluding hydrogens is 454 g/mol. The molecule has 1 atom stereocenters. The molecule has 0 radical (unpaired) electrons. The van der Waals surface area contributed by atoms with Crippen molar-refractivity contribution in [1.82, 2.24) is 10.2 Å². The van der Waals surface area contributed by atoms with E-state index >= 15 is 0 Å². The largest absolute Gasteiger partial charge is 0.497 e. The monoisotopic (exact) mass is 489 g/mol. The lowest BCUT2D eigenvalue weighted by atomic mass is 10.1. The predicted molar refractivity (Wildman–Crippen MR) is 134 cm³/mol. The van der Waals surface area contributed by atoms with Gasteiger partial charge in [-0.15, -0.1) is 0 Å². The summed E-state index contributed by atoms with van der Waals surface area (Å²) in [4.78, 5) is 27.9. The number of hydrogen-bond acceptors (Lipinski definition) is 5. The molecule has 0 saturated carbocycles. The molecule has 2 rings (SSSR count). The fourth-order valence-corrected chi connectivity index (χ4v) is 4.62. The minimum absolute atomic E-state index is 0.156. The summed E-state index contributed by atoms with van der Waals surface area (Å²) in [6.07, 6.45) is 1.47. The third-order valence-corrected chi connectivity index (χ3v) is 6.69. The van der Waals surface area contributed by atoms with Crippen molar-refractivity contribution in [2.45, 2.75) is 46.7 Å². The molecule has 34 heavy (non-hydrogen) atoms. The average Bonchev–Trinajstić information content (AvgIpc) is 2.78. The van der Waals surface area contributed by atoms with Crippen LogP contribution >= 0.6 is 0 Å². The summed E-state index contributed by atoms with van der Waals surface area (Å²) in [5.41, 5.74) is 2.87. The van der Waals surface area contributed by atoms with E-state index < -0.39 is 28.5 Å². The molecule has 2 aromatic rings. The molecule has 0 unspecified atom stereocenters. The SMILES string of the molecule is CCNC(=O)[C@H](CC)N(Cc1ccc(OC)cc1)C(=O)CN(c1cc(C)ccc1C)S(C)(=O)=O. The lowest BCUT2D eigenvalue weighted by Gasteiger charge is -2.33. The van der Waals surface area contributed by atoms with Crippen LogP contribution in [0.3, 0.4) is 0 Å². The highest BCUT2D eigenvalue weighted by atomic mass is 32.2. The van der Waals surface area contributed by atoms with E-state index in [4.69, 9.17) is 4.74 Å². The van der Waals surface area contributed by atoms with Crippen LogP contribution in [0.4, 0.5) is 5.69 Å². The molecular formula is C25H35N3O5S. The van der Waals surface area contributed by atoms with Gasteiger partial charge in [0, 0.05) is 13.1 Å². The van der Waals surface area contributed by atoms with Crippen molar-refractivity contribution in [3.05, 3.63) is 59.2 Å². The van der Waals surface area contributed by atoms with Gasteiger partial charge in [0.15, 0.2) is 0 Å². The van der Waals surface area contributed by atoms with Crippen LogP contribution in [0.5, 0.6) is 5.75 Å². The van der Waals surface area contributed by atoms with Crippen molar-refractivity contribution in [3.8, 4) is 5.75 Å². The first-order valence-corrected chi connectivity index (χ1v) is 13.1. The number of aryl methyl sites for hydroxylation is 2. The van der Waals surface area contributed by atoms with Crippen LogP contribution < -0.4 is 14.4 Å². The molecule has 0 aliphatic heterocycles. The number of amides is 2. The Bertz CT molecular complexity index is 1100. The molecule has 9 heteroatoms. The van der Waals surface area contributed by atoms with Crippen LogP contribution in [0.1, 0.15) is 37.0 Å². The molecule has 1 N–H and O–H groups in total. The van der Waals surface area contributed by atoms with Crippen molar-refractivity contribution in [2.75, 3.05) is 30.8 Å². The fraction of sp³-hybridized carbons (Fsp3) is 0.440. The molecule has 2 aromatic carbocycles. The number of carbonyl (C=O) groups excluding carboxylic acids is 2. The number of hydrogen-bond donors (Lipinski definition) is 1. The molecule has 0 bridgehead atoms. The van der Waals surface area contributed by atoms with Crippen LogP contribution in [-0.2, 0) is 26.2 Å². The van der Waals surface area contributed by atoms with E-state index in [1.165, 1.54) is 4.90 Å². The summed E-state index contributed by atoms with van der Waals surface area (Å²) in [7, 11) is -2.19. The van der Waals surface area contributed by atoms with E-state index in [1.54, 1.807) is 32.2 Å². The first kappa shape index (κ1) is 27.2. The Kier molecular flexibility index (Phi) is 9.49. The van der Waals surface area contributed by atoms with Gasteiger partial charge in [-0.25, -0.2) is 8.42 Å². The van der Waals surface area contributed by atoms with Gasteiger partial charge in [-0.3, -0.25) is 13.9 Å². The Morgan fingerprint density at radius 3 is 2.24 bits per heavy atom. The summed E-state index contributed by atoms with van der Waals surface area (Å²) in [6.45, 7) is 7.48. The lowest BCUT2D eigenvalue weighted by molar-refractivity contribution is -0.140. The zero-order valence-corrected chi connectivity index (χ0v) is 21.6. The minimum atomic E-state index is -3.76. The van der Waals surface area contributed by atoms with Crippen LogP contribution in [0, 0.1) is 13.8 Å². The van der Waals surface area contributed by atoms with Gasteiger partial charge in [-0.1, -0.05) is 31.2 Å². The number of nitrogens with one attached hydrogen (secondary N) is 1. The normalized spacial score (nSPS) is 12.1. The van der Waals surface area contributed by atoms with Crippen molar-refractivity contribution < 1.29 is 22.7 Å². The highest BCUT2D eigenvalue weighted by molar-refractivity contribution is 7.92. The van der Waals surface area contributed by atoms with Crippen LogP contribution in [0.15, 0.2) is 42.5 Å². The number of methoxy groups -OCH3 is 1. The molecule has 8 nitrogen and oxygen atoms in total. The zero-order valence-electron chi connectivity index (χ0n) is 20.8. The van der Waals surface area contributed by atoms with E-state index in [1.807, 2.05) is 45.0 Å². The zero-order chi connectivity index (χ0) is 25.5. The van der Waals surface area contributed by atoms with Gasteiger partial charge in [-0.05, 0) is 62.1 Å². The van der Waals surface area contributed by atoms with Crippen molar-refractivity contribution in [1.29, 1.82) is 0 Å². The Morgan fingerprint density at radius 1 is 1.06 bits per heavy atom. The lowest BCUT2D eigenvalue weighted by Crippen LogP contribution is -2.52. The van der Waals surface area contributed by atoms with Gasteiger partial charge < -0.3 is 15.0 Å². The quantitative estimate of drug-likeness (QED) is 0.523. The number of rotatable bonds is 11. The summed E-state index contributed by atoms with van der Waals surface area (Å²) < 4.78 is 31.8. The molecule has 186 valence electrons. The predicted octanol–water partition coefficient (Wildman–Crippen LogP) is 3.02. The molecule has 0 fully saturated rings. The molecule has 0 spiro atoms. The molecule has 0 aliphatic carbocycles. The maximum absolute atomic E-state index is 13.6. The molecule has 2 amide bonds. The van der Waals surface area contributed by atoms with E-state index in [2.05, 4.69) is 5.32 Å². The Morgan fingerprint density at radius 2 is 1.71 bits per heavy atom. The van der Waals surface area contributed by atoms with Gasteiger partial charge in [0.1, 0.15) is 18.3 Å². The van der Waals surface area contributed by atoms with Gasteiger partial charge in [0.05, 0.1) is 19.1 Å². The second-order valence-corrected chi connectivity index (χ2v) is 10.2. The minimum Gasteiger partial charge on any atom is -0.497 e. The summed E-state index contributed by atoms with van der Waals surface area (Å²) in [5.74, 6) is -0.0553. The highest BCUT2D eigenvalue weighted by Gasteiger charge is 2.32. The summed E-state index contributed by atoms with van der Waals surface area (Å²) in [6, 6.07) is 11.9. The molecule has 0 aromatic heterocycles. The van der Waals surface area contributed by atoms with E-state index in [0.717, 1.165) is 27.3 Å². The molecule has 0 aliphatic rings.